The lowest BCUT2D eigenvalue weighted by molar-refractivity contribution is 1.18. The van der Waals surface area contributed by atoms with Crippen LogP contribution in [0.4, 0.5) is 0 Å². The van der Waals surface area contributed by atoms with Crippen molar-refractivity contribution in [2.45, 2.75) is 0 Å². The Hall–Kier alpha value is -3.93. The van der Waals surface area contributed by atoms with Crippen molar-refractivity contribution in [1.29, 1.82) is 0 Å². The minimum absolute atomic E-state index is 1.18. The van der Waals surface area contributed by atoms with Crippen molar-refractivity contribution in [1.82, 2.24) is 4.57 Å². The highest BCUT2D eigenvalue weighted by Gasteiger charge is 2.41. The van der Waals surface area contributed by atoms with Crippen LogP contribution >= 0.6 is 22.6 Å². The number of benzene rings is 6. The lowest BCUT2D eigenvalue weighted by Gasteiger charge is -2.34. The number of rotatable bonds is 5. The van der Waals surface area contributed by atoms with Crippen LogP contribution in [-0.2, 0) is 0 Å². The Labute approximate surface area is 243 Å². The second kappa shape index (κ2) is 9.99. The molecule has 7 rings (SSSR count). The molecule has 0 fully saturated rings. The van der Waals surface area contributed by atoms with Crippen LogP contribution in [0.15, 0.2) is 158 Å². The van der Waals surface area contributed by atoms with Gasteiger partial charge in [-0.1, -0.05) is 121 Å². The van der Waals surface area contributed by atoms with E-state index in [4.69, 9.17) is 0 Å². The number of nitrogens with zero attached hydrogens (tertiary/aromatic N) is 1. The molecule has 0 radical (unpaired) electrons. The first-order valence-corrected chi connectivity index (χ1v) is 16.3. The predicted molar refractivity (Wildman–Crippen MR) is 177 cm³/mol. The Morgan fingerprint density at radius 1 is 0.410 bits per heavy atom. The fraction of sp³-hybridized carbons (Fsp3) is 0. The zero-order valence-corrected chi connectivity index (χ0v) is 24.5. The van der Waals surface area contributed by atoms with Crippen molar-refractivity contribution in [2.24, 2.45) is 0 Å². The van der Waals surface area contributed by atoms with Crippen LogP contribution in [0.3, 0.4) is 0 Å². The van der Waals surface area contributed by atoms with E-state index in [1.807, 2.05) is 0 Å². The van der Waals surface area contributed by atoms with Gasteiger partial charge in [-0.15, -0.1) is 0 Å². The first kappa shape index (κ1) is 24.1. The minimum atomic E-state index is -2.60. The quantitative estimate of drug-likeness (QED) is 0.113. The second-order valence-corrected chi connectivity index (χ2v) is 15.0. The molecule has 0 aliphatic heterocycles. The Morgan fingerprint density at radius 2 is 0.846 bits per heavy atom. The fourth-order valence-electron chi connectivity index (χ4n) is 6.15. The summed E-state index contributed by atoms with van der Waals surface area (Å²) in [7, 11) is -2.60. The van der Waals surface area contributed by atoms with E-state index in [2.05, 4.69) is 185 Å². The van der Waals surface area contributed by atoms with E-state index in [1.54, 1.807) is 0 Å². The Kier molecular flexibility index (Phi) is 6.18. The maximum atomic E-state index is 2.49. The van der Waals surface area contributed by atoms with E-state index >= 15 is 0 Å². The molecular weight excluding hydrogens is 601 g/mol. The van der Waals surface area contributed by atoms with Gasteiger partial charge in [-0.2, -0.15) is 0 Å². The summed E-state index contributed by atoms with van der Waals surface area (Å²) >= 11 is 2.44. The summed E-state index contributed by atoms with van der Waals surface area (Å²) in [6.07, 6.45) is 0. The molecule has 1 nitrogen and oxygen atoms in total. The van der Waals surface area contributed by atoms with Crippen LogP contribution in [0.5, 0.6) is 0 Å². The number of para-hydroxylation sites is 1. The van der Waals surface area contributed by atoms with E-state index in [0.29, 0.717) is 0 Å². The summed E-state index contributed by atoms with van der Waals surface area (Å²) in [4.78, 5) is 0. The van der Waals surface area contributed by atoms with Gasteiger partial charge < -0.3 is 4.57 Å². The van der Waals surface area contributed by atoms with Crippen molar-refractivity contribution in [3.63, 3.8) is 0 Å². The maximum Gasteiger partial charge on any atom is 0.179 e. The third kappa shape index (κ3) is 3.96. The largest absolute Gasteiger partial charge is 0.309 e. The molecule has 0 amide bonds. The molecule has 0 aliphatic rings. The Morgan fingerprint density at radius 3 is 1.36 bits per heavy atom. The fourth-order valence-corrected chi connectivity index (χ4v) is 11.4. The highest BCUT2D eigenvalue weighted by atomic mass is 127. The molecule has 3 heteroatoms. The van der Waals surface area contributed by atoms with Gasteiger partial charge in [0.15, 0.2) is 8.07 Å². The van der Waals surface area contributed by atoms with Gasteiger partial charge >= 0.3 is 0 Å². The summed E-state index contributed by atoms with van der Waals surface area (Å²) in [5, 5.41) is 8.16. The third-order valence-corrected chi connectivity index (χ3v) is 13.2. The Balaban J connectivity index is 1.62. The molecule has 0 N–H and O–H groups in total. The first-order valence-electron chi connectivity index (χ1n) is 13.2. The molecule has 0 spiro atoms. The van der Waals surface area contributed by atoms with Gasteiger partial charge in [-0.3, -0.25) is 0 Å². The average Bonchev–Trinajstić information content (AvgIpc) is 3.33. The molecule has 0 aliphatic carbocycles. The van der Waals surface area contributed by atoms with Crippen molar-refractivity contribution >= 4 is 73.2 Å². The second-order valence-electron chi connectivity index (χ2n) is 9.91. The van der Waals surface area contributed by atoms with Crippen molar-refractivity contribution in [3.8, 4) is 5.69 Å². The number of halogens is 1. The van der Waals surface area contributed by atoms with Crippen molar-refractivity contribution in [2.75, 3.05) is 0 Å². The number of fused-ring (bicyclic) bond motifs is 3. The molecular formula is C36H26INSi. The number of hydrogen-bond donors (Lipinski definition) is 0. The molecule has 1 heterocycles. The lowest BCUT2D eigenvalue weighted by Crippen LogP contribution is -2.74. The highest BCUT2D eigenvalue weighted by Crippen LogP contribution is 2.33. The molecule has 39 heavy (non-hydrogen) atoms. The van der Waals surface area contributed by atoms with Crippen LogP contribution < -0.4 is 20.7 Å². The zero-order chi connectivity index (χ0) is 26.2. The van der Waals surface area contributed by atoms with E-state index in [9.17, 15) is 0 Å². The topological polar surface area (TPSA) is 4.93 Å². The van der Waals surface area contributed by atoms with Crippen LogP contribution in [0.1, 0.15) is 0 Å². The van der Waals surface area contributed by atoms with Crippen molar-refractivity contribution < 1.29 is 0 Å². The first-order chi connectivity index (χ1) is 19.3. The predicted octanol–water partition coefficient (Wildman–Crippen LogP) is 6.77. The van der Waals surface area contributed by atoms with E-state index in [-0.39, 0.29) is 0 Å². The number of aromatic nitrogens is 1. The SMILES string of the molecule is Ic1ccc2c(c1)c1cc([Si](c3ccccc3)(c3ccccc3)c3ccccc3)ccc1n2-c1ccccc1. The van der Waals surface area contributed by atoms with Crippen LogP contribution in [-0.4, -0.2) is 12.6 Å². The van der Waals surface area contributed by atoms with E-state index in [0.717, 1.165) is 0 Å². The summed E-state index contributed by atoms with van der Waals surface area (Å²) in [5.74, 6) is 0. The van der Waals surface area contributed by atoms with Crippen LogP contribution in [0, 0.1) is 3.57 Å². The molecule has 0 unspecified atom stereocenters. The summed E-state index contributed by atoms with van der Waals surface area (Å²) in [5.41, 5.74) is 3.66. The summed E-state index contributed by atoms with van der Waals surface area (Å²) < 4.78 is 3.65. The van der Waals surface area contributed by atoms with E-state index < -0.39 is 8.07 Å². The molecule has 6 aromatic carbocycles. The molecule has 0 atom stereocenters. The van der Waals surface area contributed by atoms with Gasteiger partial charge in [-0.25, -0.2) is 0 Å². The zero-order valence-electron chi connectivity index (χ0n) is 21.3. The van der Waals surface area contributed by atoms with Gasteiger partial charge in [0, 0.05) is 20.0 Å². The van der Waals surface area contributed by atoms with Gasteiger partial charge in [0.05, 0.1) is 11.0 Å². The van der Waals surface area contributed by atoms with Crippen molar-refractivity contribution in [3.05, 3.63) is 161 Å². The van der Waals surface area contributed by atoms with Gasteiger partial charge in [0.1, 0.15) is 0 Å². The smallest absolute Gasteiger partial charge is 0.179 e. The molecule has 1 aromatic heterocycles. The highest BCUT2D eigenvalue weighted by molar-refractivity contribution is 14.1. The molecule has 186 valence electrons. The Bertz CT molecular complexity index is 1800. The van der Waals surface area contributed by atoms with E-state index in [1.165, 1.54) is 51.8 Å². The molecule has 7 aromatic rings. The molecule has 0 saturated carbocycles. The molecule has 0 saturated heterocycles. The van der Waals surface area contributed by atoms with Crippen LogP contribution in [0.2, 0.25) is 0 Å². The van der Waals surface area contributed by atoms with Gasteiger partial charge in [0.2, 0.25) is 0 Å². The average molecular weight is 628 g/mol. The monoisotopic (exact) mass is 627 g/mol. The summed E-state index contributed by atoms with van der Waals surface area (Å²) in [6.45, 7) is 0. The molecule has 0 bridgehead atoms. The van der Waals surface area contributed by atoms with Crippen LogP contribution in [0.25, 0.3) is 27.5 Å². The summed E-state index contributed by atoms with van der Waals surface area (Å²) in [6, 6.07) is 58.2. The standard InChI is InChI=1S/C36H26INSi/c37-27-21-23-35-33(25-27)34-26-32(22-24-36(34)38(35)28-13-5-1-6-14-28)39(29-15-7-2-8-16-29,30-17-9-3-10-18-30)31-19-11-4-12-20-31/h1-26H. The normalized spacial score (nSPS) is 11.7. The third-order valence-electron chi connectivity index (χ3n) is 7.79. The maximum absolute atomic E-state index is 2.60. The van der Waals surface area contributed by atoms with Gasteiger partial charge in [-0.05, 0) is 79.7 Å². The lowest BCUT2D eigenvalue weighted by atomic mass is 10.1. The number of hydrogen-bond acceptors (Lipinski definition) is 0. The van der Waals surface area contributed by atoms with Gasteiger partial charge in [0.25, 0.3) is 0 Å². The minimum Gasteiger partial charge on any atom is -0.309 e.